The van der Waals surface area contributed by atoms with E-state index in [-0.39, 0.29) is 16.1 Å². The van der Waals surface area contributed by atoms with Gasteiger partial charge in [0.05, 0.1) is 4.47 Å². The largest absolute Gasteiger partial charge is 0.444 e. The molecular formula is C25H37BrFN3O3. The molecule has 0 radical (unpaired) electrons. The Labute approximate surface area is 206 Å². The fourth-order valence-corrected chi connectivity index (χ4v) is 2.65. The number of allylic oxidation sites excluding steroid dienone is 2. The topological polar surface area (TPSA) is 61.9 Å². The van der Waals surface area contributed by atoms with E-state index < -0.39 is 17.3 Å². The zero-order chi connectivity index (χ0) is 25.9. The first-order valence-electron chi connectivity index (χ1n) is 10.7. The maximum Gasteiger partial charge on any atom is 0.410 e. The predicted octanol–water partition coefficient (Wildman–Crippen LogP) is 6.12. The zero-order valence-corrected chi connectivity index (χ0v) is 22.6. The summed E-state index contributed by atoms with van der Waals surface area (Å²) in [6.45, 7) is 20.2. The summed E-state index contributed by atoms with van der Waals surface area (Å²) in [7, 11) is 3.53. The SMILES string of the molecule is C=C(/C=C(/C)C(=C)N(C)CCN(C)C(=O)OC(C)(C)C)NC(=O)c1ccc(Br)c(F)c1.CC. The fourth-order valence-electron chi connectivity index (χ4n) is 2.40. The Bertz CT molecular complexity index is 891. The molecule has 0 aliphatic carbocycles. The van der Waals surface area contributed by atoms with Crippen LogP contribution in [-0.2, 0) is 4.74 Å². The Kier molecular flexibility index (Phi) is 12.7. The molecule has 0 fully saturated rings. The van der Waals surface area contributed by atoms with Crippen LogP contribution in [0.4, 0.5) is 9.18 Å². The number of nitrogens with zero attached hydrogens (tertiary/aromatic N) is 2. The van der Waals surface area contributed by atoms with Gasteiger partial charge in [0, 0.05) is 44.1 Å². The van der Waals surface area contributed by atoms with Crippen LogP contribution < -0.4 is 5.32 Å². The van der Waals surface area contributed by atoms with Crippen molar-refractivity contribution in [2.45, 2.75) is 47.1 Å². The number of carbonyl (C=O) groups excluding carboxylic acids is 2. The number of ether oxygens (including phenoxy) is 1. The van der Waals surface area contributed by atoms with Crippen molar-refractivity contribution in [3.8, 4) is 0 Å². The highest BCUT2D eigenvalue weighted by atomic mass is 79.9. The standard InChI is InChI=1S/C23H31BrFN3O3.C2H6/c1-15(13-16(2)26-21(29)18-9-10-19(24)20(25)14-18)17(3)27(7)11-12-28(8)22(30)31-23(4,5)6;1-2/h9-10,13-14H,2-3,11-12H2,1,4-8H3,(H,26,29);1-2H3/b15-13-;. The number of nitrogens with one attached hydrogen (secondary N) is 1. The van der Waals surface area contributed by atoms with Gasteiger partial charge < -0.3 is 19.9 Å². The average molecular weight is 526 g/mol. The number of hydrogen-bond donors (Lipinski definition) is 1. The first-order chi connectivity index (χ1) is 15.2. The second kappa shape index (κ2) is 13.8. The maximum absolute atomic E-state index is 13.6. The molecule has 0 saturated heterocycles. The first-order valence-corrected chi connectivity index (χ1v) is 11.5. The molecule has 8 heteroatoms. The molecule has 6 nitrogen and oxygen atoms in total. The summed E-state index contributed by atoms with van der Waals surface area (Å²) in [4.78, 5) is 27.7. The minimum atomic E-state index is -0.549. The molecule has 1 aromatic rings. The molecule has 0 bridgehead atoms. The number of halogens is 2. The van der Waals surface area contributed by atoms with E-state index in [1.54, 1.807) is 13.1 Å². The van der Waals surface area contributed by atoms with E-state index in [1.165, 1.54) is 17.0 Å². The van der Waals surface area contributed by atoms with Crippen LogP contribution in [0, 0.1) is 5.82 Å². The molecule has 33 heavy (non-hydrogen) atoms. The molecule has 1 aromatic carbocycles. The molecule has 1 N–H and O–H groups in total. The van der Waals surface area contributed by atoms with Crippen LogP contribution in [0.5, 0.6) is 0 Å². The van der Waals surface area contributed by atoms with E-state index in [4.69, 9.17) is 4.74 Å². The molecule has 0 spiro atoms. The molecule has 0 saturated carbocycles. The molecule has 0 aliphatic heterocycles. The van der Waals surface area contributed by atoms with Gasteiger partial charge in [-0.25, -0.2) is 9.18 Å². The van der Waals surface area contributed by atoms with Gasteiger partial charge in [-0.1, -0.05) is 27.0 Å². The lowest BCUT2D eigenvalue weighted by atomic mass is 10.1. The van der Waals surface area contributed by atoms with E-state index in [1.807, 2.05) is 53.5 Å². The second-order valence-corrected chi connectivity index (χ2v) is 9.06. The van der Waals surface area contributed by atoms with Gasteiger partial charge in [-0.05, 0) is 73.5 Å². The molecule has 0 unspecified atom stereocenters. The van der Waals surface area contributed by atoms with Crippen LogP contribution in [-0.4, -0.2) is 54.6 Å². The number of amides is 2. The highest BCUT2D eigenvalue weighted by Crippen LogP contribution is 2.17. The highest BCUT2D eigenvalue weighted by molar-refractivity contribution is 9.10. The van der Waals surface area contributed by atoms with Crippen LogP contribution in [0.3, 0.4) is 0 Å². The molecule has 1 rings (SSSR count). The Balaban J connectivity index is 0.00000497. The van der Waals surface area contributed by atoms with E-state index >= 15 is 0 Å². The van der Waals surface area contributed by atoms with Gasteiger partial charge in [0.25, 0.3) is 5.91 Å². The van der Waals surface area contributed by atoms with Gasteiger partial charge in [-0.2, -0.15) is 0 Å². The van der Waals surface area contributed by atoms with Crippen molar-refractivity contribution in [3.63, 3.8) is 0 Å². The third kappa shape index (κ3) is 11.2. The predicted molar refractivity (Wildman–Crippen MR) is 136 cm³/mol. The lowest BCUT2D eigenvalue weighted by Gasteiger charge is -2.28. The number of benzene rings is 1. The van der Waals surface area contributed by atoms with Crippen molar-refractivity contribution >= 4 is 27.9 Å². The van der Waals surface area contributed by atoms with Crippen LogP contribution in [0.1, 0.15) is 51.9 Å². The second-order valence-electron chi connectivity index (χ2n) is 8.21. The van der Waals surface area contributed by atoms with Gasteiger partial charge >= 0.3 is 6.09 Å². The molecule has 2 amide bonds. The normalized spacial score (nSPS) is 11.0. The van der Waals surface area contributed by atoms with Gasteiger partial charge in [0.1, 0.15) is 11.4 Å². The summed E-state index contributed by atoms with van der Waals surface area (Å²) in [6.07, 6.45) is 1.29. The molecule has 0 aromatic heterocycles. The number of hydrogen-bond acceptors (Lipinski definition) is 4. The fraction of sp³-hybridized carbons (Fsp3) is 0.440. The van der Waals surface area contributed by atoms with Gasteiger partial charge in [-0.15, -0.1) is 0 Å². The first kappa shape index (κ1) is 30.4. The third-order valence-electron chi connectivity index (χ3n) is 4.24. The summed E-state index contributed by atoms with van der Waals surface area (Å²) < 4.78 is 19.3. The number of likely N-dealkylation sites (N-methyl/N-ethyl adjacent to an activating group) is 2. The van der Waals surface area contributed by atoms with Crippen molar-refractivity contribution in [3.05, 3.63) is 70.3 Å². The molecule has 184 valence electrons. The van der Waals surface area contributed by atoms with Crippen LogP contribution in [0.25, 0.3) is 0 Å². The summed E-state index contributed by atoms with van der Waals surface area (Å²) in [5, 5.41) is 2.63. The average Bonchev–Trinajstić information content (AvgIpc) is 2.72. The summed E-state index contributed by atoms with van der Waals surface area (Å²) in [5.74, 6) is -0.977. The minimum Gasteiger partial charge on any atom is -0.444 e. The monoisotopic (exact) mass is 525 g/mol. The molecule has 0 heterocycles. The summed E-state index contributed by atoms with van der Waals surface area (Å²) in [5.41, 5.74) is 1.49. The Morgan fingerprint density at radius 3 is 2.21 bits per heavy atom. The van der Waals surface area contributed by atoms with Gasteiger partial charge in [0.2, 0.25) is 0 Å². The van der Waals surface area contributed by atoms with E-state index in [0.717, 1.165) is 11.6 Å². The van der Waals surface area contributed by atoms with Crippen molar-refractivity contribution in [2.24, 2.45) is 0 Å². The quantitative estimate of drug-likeness (QED) is 0.415. The van der Waals surface area contributed by atoms with Gasteiger partial charge in [0.15, 0.2) is 0 Å². The van der Waals surface area contributed by atoms with Crippen molar-refractivity contribution in [1.29, 1.82) is 0 Å². The van der Waals surface area contributed by atoms with E-state index in [0.29, 0.717) is 24.5 Å². The minimum absolute atomic E-state index is 0.189. The number of carbonyl (C=O) groups is 2. The van der Waals surface area contributed by atoms with Crippen molar-refractivity contribution in [1.82, 2.24) is 15.1 Å². The Hall–Kier alpha value is -2.61. The van der Waals surface area contributed by atoms with Crippen molar-refractivity contribution in [2.75, 3.05) is 27.2 Å². The van der Waals surface area contributed by atoms with E-state index in [2.05, 4.69) is 34.4 Å². The van der Waals surface area contributed by atoms with Crippen molar-refractivity contribution < 1.29 is 18.7 Å². The Morgan fingerprint density at radius 1 is 1.15 bits per heavy atom. The highest BCUT2D eigenvalue weighted by Gasteiger charge is 2.19. The van der Waals surface area contributed by atoms with Crippen LogP contribution in [0.2, 0.25) is 0 Å². The molecule has 0 atom stereocenters. The van der Waals surface area contributed by atoms with Gasteiger partial charge in [-0.3, -0.25) is 4.79 Å². The Morgan fingerprint density at radius 2 is 1.70 bits per heavy atom. The molecular weight excluding hydrogens is 489 g/mol. The smallest absolute Gasteiger partial charge is 0.410 e. The summed E-state index contributed by atoms with van der Waals surface area (Å²) >= 11 is 3.06. The zero-order valence-electron chi connectivity index (χ0n) is 21.0. The maximum atomic E-state index is 13.6. The lowest BCUT2D eigenvalue weighted by molar-refractivity contribution is 0.0291. The third-order valence-corrected chi connectivity index (χ3v) is 4.88. The number of rotatable bonds is 8. The summed E-state index contributed by atoms with van der Waals surface area (Å²) in [6, 6.07) is 4.14. The lowest BCUT2D eigenvalue weighted by Crippen LogP contribution is -2.38. The van der Waals surface area contributed by atoms with Crippen LogP contribution in [0.15, 0.2) is 58.9 Å². The molecule has 0 aliphatic rings. The van der Waals surface area contributed by atoms with E-state index in [9.17, 15) is 14.0 Å². The van der Waals surface area contributed by atoms with Crippen LogP contribution >= 0.6 is 15.9 Å².